The molecule has 1 amide bonds. The van der Waals surface area contributed by atoms with E-state index in [9.17, 15) is 4.79 Å². The van der Waals surface area contributed by atoms with Crippen molar-refractivity contribution in [3.63, 3.8) is 0 Å². The van der Waals surface area contributed by atoms with E-state index in [4.69, 9.17) is 5.73 Å². The van der Waals surface area contributed by atoms with Crippen molar-refractivity contribution in [1.82, 2.24) is 10.2 Å². The Morgan fingerprint density at radius 3 is 2.24 bits per heavy atom. The van der Waals surface area contributed by atoms with Gasteiger partial charge in [0.15, 0.2) is 0 Å². The summed E-state index contributed by atoms with van der Waals surface area (Å²) in [7, 11) is 0. The van der Waals surface area contributed by atoms with Crippen molar-refractivity contribution in [1.29, 1.82) is 0 Å². The number of nitrogens with one attached hydrogen (secondary N) is 1. The van der Waals surface area contributed by atoms with Crippen LogP contribution in [0.25, 0.3) is 0 Å². The summed E-state index contributed by atoms with van der Waals surface area (Å²) >= 11 is 0. The van der Waals surface area contributed by atoms with Gasteiger partial charge >= 0.3 is 0 Å². The topological polar surface area (TPSA) is 58.4 Å². The Hall–Kier alpha value is -0.610. The number of carbonyl (C=O) groups excluding carboxylic acids is 1. The second-order valence-corrected chi connectivity index (χ2v) is 4.95. The first-order valence-electron chi connectivity index (χ1n) is 6.71. The first kappa shape index (κ1) is 16.4. The minimum absolute atomic E-state index is 0.215. The molecule has 17 heavy (non-hydrogen) atoms. The van der Waals surface area contributed by atoms with Gasteiger partial charge < -0.3 is 16.0 Å². The molecule has 0 saturated heterocycles. The molecule has 0 aliphatic carbocycles. The van der Waals surface area contributed by atoms with Gasteiger partial charge in [0, 0.05) is 18.6 Å². The summed E-state index contributed by atoms with van der Waals surface area (Å²) in [5.41, 5.74) is 5.40. The summed E-state index contributed by atoms with van der Waals surface area (Å²) < 4.78 is 0. The summed E-state index contributed by atoms with van der Waals surface area (Å²) in [5.74, 6) is -0.251. The molecule has 0 aliphatic heterocycles. The van der Waals surface area contributed by atoms with Crippen molar-refractivity contribution in [3.05, 3.63) is 0 Å². The van der Waals surface area contributed by atoms with E-state index < -0.39 is 0 Å². The van der Waals surface area contributed by atoms with E-state index in [1.165, 1.54) is 0 Å². The molecule has 0 rings (SSSR count). The number of rotatable bonds is 9. The van der Waals surface area contributed by atoms with Crippen LogP contribution >= 0.6 is 0 Å². The van der Waals surface area contributed by atoms with Gasteiger partial charge in [0.1, 0.15) is 0 Å². The third-order valence-electron chi connectivity index (χ3n) is 3.20. The van der Waals surface area contributed by atoms with Gasteiger partial charge in [-0.2, -0.15) is 0 Å². The highest BCUT2D eigenvalue weighted by Crippen LogP contribution is 2.05. The Bertz CT molecular complexity index is 219. The maximum absolute atomic E-state index is 11.3. The van der Waals surface area contributed by atoms with Crippen LogP contribution in [0.1, 0.15) is 47.5 Å². The molecular formula is C13H29N3O. The number of amides is 1. The molecule has 0 spiro atoms. The van der Waals surface area contributed by atoms with E-state index in [2.05, 4.69) is 31.0 Å². The van der Waals surface area contributed by atoms with E-state index in [1.54, 1.807) is 0 Å². The number of nitrogens with zero attached hydrogens (tertiary/aromatic N) is 1. The summed E-state index contributed by atoms with van der Waals surface area (Å²) in [6.45, 7) is 12.6. The average molecular weight is 243 g/mol. The number of primary amides is 1. The number of nitrogens with two attached hydrogens (primary N) is 1. The smallest absolute Gasteiger partial charge is 0.234 e. The predicted molar refractivity (Wildman–Crippen MR) is 72.9 cm³/mol. The Morgan fingerprint density at radius 2 is 1.88 bits per heavy atom. The average Bonchev–Trinajstić information content (AvgIpc) is 2.26. The number of hydrogen-bond donors (Lipinski definition) is 2. The SMILES string of the molecule is CCC(C)N(CC)CCC(NC(C)C)C(N)=O. The molecule has 0 radical (unpaired) electrons. The summed E-state index contributed by atoms with van der Waals surface area (Å²) in [6.07, 6.45) is 1.92. The van der Waals surface area contributed by atoms with Gasteiger partial charge in [0.2, 0.25) is 5.91 Å². The standard InChI is InChI=1S/C13H29N3O/c1-6-11(5)16(7-2)9-8-12(13(14)17)15-10(3)4/h10-12,15H,6-9H2,1-5H3,(H2,14,17). The largest absolute Gasteiger partial charge is 0.368 e. The first-order chi connectivity index (χ1) is 7.92. The molecule has 3 N–H and O–H groups in total. The van der Waals surface area contributed by atoms with E-state index in [-0.39, 0.29) is 18.0 Å². The van der Waals surface area contributed by atoms with Crippen LogP contribution in [0.5, 0.6) is 0 Å². The number of hydrogen-bond acceptors (Lipinski definition) is 3. The summed E-state index contributed by atoms with van der Waals surface area (Å²) in [4.78, 5) is 13.7. The highest BCUT2D eigenvalue weighted by molar-refractivity contribution is 5.79. The normalized spacial score (nSPS) is 15.2. The number of carbonyl (C=O) groups is 1. The van der Waals surface area contributed by atoms with Crippen molar-refractivity contribution >= 4 is 5.91 Å². The fourth-order valence-electron chi connectivity index (χ4n) is 1.95. The van der Waals surface area contributed by atoms with Crippen LogP contribution < -0.4 is 11.1 Å². The molecule has 102 valence electrons. The maximum atomic E-state index is 11.3. The zero-order valence-electron chi connectivity index (χ0n) is 12.0. The second kappa shape index (κ2) is 8.48. The first-order valence-corrected chi connectivity index (χ1v) is 6.71. The third kappa shape index (κ3) is 6.64. The van der Waals surface area contributed by atoms with Crippen LogP contribution in [0, 0.1) is 0 Å². The van der Waals surface area contributed by atoms with Gasteiger partial charge in [-0.05, 0) is 26.3 Å². The summed E-state index contributed by atoms with van der Waals surface area (Å²) in [6, 6.07) is 0.631. The lowest BCUT2D eigenvalue weighted by molar-refractivity contribution is -0.120. The van der Waals surface area contributed by atoms with Crippen LogP contribution in [-0.4, -0.2) is 42.0 Å². The Morgan fingerprint density at radius 1 is 1.29 bits per heavy atom. The van der Waals surface area contributed by atoms with Crippen LogP contribution in [0.15, 0.2) is 0 Å². The third-order valence-corrected chi connectivity index (χ3v) is 3.20. The van der Waals surface area contributed by atoms with Gasteiger partial charge in [-0.15, -0.1) is 0 Å². The molecule has 0 bridgehead atoms. The zero-order valence-corrected chi connectivity index (χ0v) is 12.0. The van der Waals surface area contributed by atoms with Gasteiger partial charge in [0.05, 0.1) is 6.04 Å². The Labute approximate surface area is 106 Å². The van der Waals surface area contributed by atoms with Gasteiger partial charge in [-0.25, -0.2) is 0 Å². The Kier molecular flexibility index (Phi) is 8.17. The molecule has 0 saturated carbocycles. The summed E-state index contributed by atoms with van der Waals surface area (Å²) in [5, 5.41) is 3.21. The molecule has 0 aromatic rings. The van der Waals surface area contributed by atoms with Crippen LogP contribution in [-0.2, 0) is 4.79 Å². The van der Waals surface area contributed by atoms with Crippen molar-refractivity contribution in [3.8, 4) is 0 Å². The molecule has 0 aromatic heterocycles. The fourth-order valence-corrected chi connectivity index (χ4v) is 1.95. The molecule has 0 fully saturated rings. The van der Waals surface area contributed by atoms with Gasteiger partial charge in [-0.3, -0.25) is 4.79 Å². The molecule has 0 aromatic carbocycles. The van der Waals surface area contributed by atoms with E-state index in [0.717, 1.165) is 25.9 Å². The Balaban J connectivity index is 4.22. The lowest BCUT2D eigenvalue weighted by Gasteiger charge is -2.28. The highest BCUT2D eigenvalue weighted by Gasteiger charge is 2.18. The predicted octanol–water partition coefficient (Wildman–Crippen LogP) is 1.35. The molecule has 0 aliphatic rings. The highest BCUT2D eigenvalue weighted by atomic mass is 16.1. The fraction of sp³-hybridized carbons (Fsp3) is 0.923. The molecule has 2 atom stereocenters. The second-order valence-electron chi connectivity index (χ2n) is 4.95. The van der Waals surface area contributed by atoms with Crippen LogP contribution in [0.2, 0.25) is 0 Å². The van der Waals surface area contributed by atoms with Crippen LogP contribution in [0.3, 0.4) is 0 Å². The molecular weight excluding hydrogens is 214 g/mol. The van der Waals surface area contributed by atoms with E-state index in [1.807, 2.05) is 13.8 Å². The van der Waals surface area contributed by atoms with Crippen molar-refractivity contribution < 1.29 is 4.79 Å². The van der Waals surface area contributed by atoms with Crippen molar-refractivity contribution in [2.24, 2.45) is 5.73 Å². The van der Waals surface area contributed by atoms with Crippen molar-refractivity contribution in [2.45, 2.75) is 65.6 Å². The monoisotopic (exact) mass is 243 g/mol. The maximum Gasteiger partial charge on any atom is 0.234 e. The lowest BCUT2D eigenvalue weighted by atomic mass is 10.1. The molecule has 2 unspecified atom stereocenters. The molecule has 4 heteroatoms. The molecule has 4 nitrogen and oxygen atoms in total. The minimum Gasteiger partial charge on any atom is -0.368 e. The quantitative estimate of drug-likeness (QED) is 0.642. The van der Waals surface area contributed by atoms with Crippen molar-refractivity contribution in [2.75, 3.05) is 13.1 Å². The van der Waals surface area contributed by atoms with Gasteiger partial charge in [-0.1, -0.05) is 27.7 Å². The van der Waals surface area contributed by atoms with E-state index in [0.29, 0.717) is 6.04 Å². The minimum atomic E-state index is -0.251. The zero-order chi connectivity index (χ0) is 13.4. The molecule has 0 heterocycles. The van der Waals surface area contributed by atoms with E-state index >= 15 is 0 Å². The van der Waals surface area contributed by atoms with Crippen LogP contribution in [0.4, 0.5) is 0 Å². The lowest BCUT2D eigenvalue weighted by Crippen LogP contribution is -2.47. The van der Waals surface area contributed by atoms with Gasteiger partial charge in [0.25, 0.3) is 0 Å².